The Morgan fingerprint density at radius 2 is 1.97 bits per heavy atom. The lowest BCUT2D eigenvalue weighted by atomic mass is 9.94. The van der Waals surface area contributed by atoms with Gasteiger partial charge in [0.1, 0.15) is 11.9 Å². The van der Waals surface area contributed by atoms with Gasteiger partial charge >= 0.3 is 0 Å². The Hall–Kier alpha value is -2.99. The highest BCUT2D eigenvalue weighted by molar-refractivity contribution is 5.84. The van der Waals surface area contributed by atoms with Crippen molar-refractivity contribution in [3.63, 3.8) is 0 Å². The van der Waals surface area contributed by atoms with Gasteiger partial charge in [-0.15, -0.1) is 6.58 Å². The molecule has 2 aromatic carbocycles. The van der Waals surface area contributed by atoms with Gasteiger partial charge in [-0.1, -0.05) is 42.5 Å². The van der Waals surface area contributed by atoms with Crippen molar-refractivity contribution in [3.8, 4) is 11.1 Å². The first-order valence-corrected chi connectivity index (χ1v) is 11.2. The van der Waals surface area contributed by atoms with E-state index in [0.29, 0.717) is 39.2 Å². The molecule has 2 aliphatic heterocycles. The predicted molar refractivity (Wildman–Crippen MR) is 121 cm³/mol. The molecule has 0 spiro atoms. The Bertz CT molecular complexity index is 969. The van der Waals surface area contributed by atoms with Gasteiger partial charge in [0.15, 0.2) is 0 Å². The predicted octanol–water partition coefficient (Wildman–Crippen LogP) is 3.69. The Morgan fingerprint density at radius 3 is 2.69 bits per heavy atom. The molecular weight excluding hydrogens is 407 g/mol. The first-order valence-electron chi connectivity index (χ1n) is 11.2. The first kappa shape index (κ1) is 22.2. The molecule has 0 saturated carbocycles. The summed E-state index contributed by atoms with van der Waals surface area (Å²) in [6, 6.07) is 14.3. The van der Waals surface area contributed by atoms with Gasteiger partial charge in [0, 0.05) is 32.8 Å². The molecule has 4 rings (SSSR count). The fourth-order valence-electron chi connectivity index (χ4n) is 4.52. The van der Waals surface area contributed by atoms with Crippen LogP contribution in [0.15, 0.2) is 61.2 Å². The highest BCUT2D eigenvalue weighted by Crippen LogP contribution is 2.25. The van der Waals surface area contributed by atoms with E-state index in [2.05, 4.69) is 6.58 Å². The summed E-state index contributed by atoms with van der Waals surface area (Å²) in [5.74, 6) is -0.584. The van der Waals surface area contributed by atoms with E-state index < -0.39 is 6.10 Å². The lowest BCUT2D eigenvalue weighted by Gasteiger charge is -2.25. The Morgan fingerprint density at radius 1 is 1.16 bits per heavy atom. The maximum absolute atomic E-state index is 13.3. The second-order valence-electron chi connectivity index (χ2n) is 8.47. The van der Waals surface area contributed by atoms with Gasteiger partial charge < -0.3 is 14.5 Å². The summed E-state index contributed by atoms with van der Waals surface area (Å²) in [5.41, 5.74) is 2.90. The number of carbonyl (C=O) groups excluding carboxylic acids is 2. The van der Waals surface area contributed by atoms with Crippen LogP contribution in [0.2, 0.25) is 0 Å². The molecule has 0 aliphatic carbocycles. The molecule has 0 unspecified atom stereocenters. The number of nitrogens with zero attached hydrogens (tertiary/aromatic N) is 2. The molecule has 2 saturated heterocycles. The third-order valence-electron chi connectivity index (χ3n) is 6.19. The van der Waals surface area contributed by atoms with Crippen LogP contribution in [0.3, 0.4) is 0 Å². The lowest BCUT2D eigenvalue weighted by Crippen LogP contribution is -2.42. The van der Waals surface area contributed by atoms with Gasteiger partial charge in [0.2, 0.25) is 5.91 Å². The minimum atomic E-state index is -0.390. The number of carbonyl (C=O) groups is 2. The van der Waals surface area contributed by atoms with Gasteiger partial charge in [-0.2, -0.15) is 0 Å². The van der Waals surface area contributed by atoms with E-state index in [-0.39, 0.29) is 23.5 Å². The molecule has 2 aromatic rings. The molecule has 2 amide bonds. The third-order valence-corrected chi connectivity index (χ3v) is 6.19. The molecule has 0 radical (unpaired) electrons. The van der Waals surface area contributed by atoms with Gasteiger partial charge in [-0.05, 0) is 48.1 Å². The zero-order valence-electron chi connectivity index (χ0n) is 18.2. The van der Waals surface area contributed by atoms with E-state index in [0.717, 1.165) is 29.5 Å². The summed E-state index contributed by atoms with van der Waals surface area (Å²) >= 11 is 0. The van der Waals surface area contributed by atoms with Crippen LogP contribution < -0.4 is 0 Å². The number of benzene rings is 2. The minimum absolute atomic E-state index is 0.0131. The summed E-state index contributed by atoms with van der Waals surface area (Å²) < 4.78 is 18.9. The molecule has 2 aliphatic rings. The van der Waals surface area contributed by atoms with E-state index in [1.165, 1.54) is 12.1 Å². The highest BCUT2D eigenvalue weighted by Gasteiger charge is 2.35. The molecule has 6 heteroatoms. The maximum atomic E-state index is 13.3. The number of halogens is 1. The van der Waals surface area contributed by atoms with Crippen LogP contribution in [0.25, 0.3) is 11.1 Å². The van der Waals surface area contributed by atoms with Crippen LogP contribution in [0.5, 0.6) is 0 Å². The molecule has 5 nitrogen and oxygen atoms in total. The van der Waals surface area contributed by atoms with Crippen LogP contribution in [-0.2, 0) is 20.7 Å². The number of rotatable bonds is 6. The number of amides is 2. The van der Waals surface area contributed by atoms with E-state index in [4.69, 9.17) is 4.74 Å². The summed E-state index contributed by atoms with van der Waals surface area (Å²) in [4.78, 5) is 29.9. The molecule has 0 bridgehead atoms. The fourth-order valence-corrected chi connectivity index (χ4v) is 4.52. The summed E-state index contributed by atoms with van der Waals surface area (Å²) in [5, 5.41) is 0. The van der Waals surface area contributed by atoms with Crippen molar-refractivity contribution in [2.45, 2.75) is 25.4 Å². The zero-order valence-corrected chi connectivity index (χ0v) is 18.2. The zero-order chi connectivity index (χ0) is 22.5. The molecule has 32 heavy (non-hydrogen) atoms. The van der Waals surface area contributed by atoms with Crippen molar-refractivity contribution < 1.29 is 18.7 Å². The topological polar surface area (TPSA) is 49.9 Å². The van der Waals surface area contributed by atoms with E-state index in [1.54, 1.807) is 28.0 Å². The van der Waals surface area contributed by atoms with Gasteiger partial charge in [0.05, 0.1) is 5.92 Å². The number of ether oxygens (including phenoxy) is 1. The monoisotopic (exact) mass is 436 g/mol. The van der Waals surface area contributed by atoms with Gasteiger partial charge in [0.25, 0.3) is 5.91 Å². The molecule has 2 atom stereocenters. The van der Waals surface area contributed by atoms with Crippen molar-refractivity contribution in [2.24, 2.45) is 5.92 Å². The molecule has 0 aromatic heterocycles. The van der Waals surface area contributed by atoms with Crippen molar-refractivity contribution in [1.29, 1.82) is 0 Å². The number of hydrogen-bond donors (Lipinski definition) is 0. The quantitative estimate of drug-likeness (QED) is 0.649. The van der Waals surface area contributed by atoms with E-state index >= 15 is 0 Å². The average molecular weight is 437 g/mol. The van der Waals surface area contributed by atoms with Crippen LogP contribution in [0.1, 0.15) is 18.4 Å². The van der Waals surface area contributed by atoms with Crippen LogP contribution in [0, 0.1) is 11.7 Å². The standard InChI is InChI=1S/C26H29FN2O3/c1-2-12-28-13-14-29(26(31)24-7-4-15-32-24)18-22(25(28)30)17-19-5-3-6-21(16-19)20-8-10-23(27)11-9-20/h2-3,5-6,8-11,16,22,24H,1,4,7,12-15,17-18H2/t22-,24+/m1/s1. The average Bonchev–Trinajstić information content (AvgIpc) is 3.30. The fraction of sp³-hybridized carbons (Fsp3) is 0.385. The Balaban J connectivity index is 1.55. The van der Waals surface area contributed by atoms with Crippen LogP contribution in [0.4, 0.5) is 4.39 Å². The van der Waals surface area contributed by atoms with Gasteiger partial charge in [-0.3, -0.25) is 9.59 Å². The van der Waals surface area contributed by atoms with Crippen molar-refractivity contribution in [2.75, 3.05) is 32.8 Å². The molecule has 2 fully saturated rings. The highest BCUT2D eigenvalue weighted by atomic mass is 19.1. The smallest absolute Gasteiger partial charge is 0.251 e. The Kier molecular flexibility index (Phi) is 7.00. The minimum Gasteiger partial charge on any atom is -0.368 e. The van der Waals surface area contributed by atoms with Crippen molar-refractivity contribution >= 4 is 11.8 Å². The lowest BCUT2D eigenvalue weighted by molar-refractivity contribution is -0.141. The summed E-state index contributed by atoms with van der Waals surface area (Å²) in [7, 11) is 0. The molecule has 0 N–H and O–H groups in total. The molecular formula is C26H29FN2O3. The van der Waals surface area contributed by atoms with Gasteiger partial charge in [-0.25, -0.2) is 4.39 Å². The second-order valence-corrected chi connectivity index (χ2v) is 8.47. The second kappa shape index (κ2) is 10.1. The largest absolute Gasteiger partial charge is 0.368 e. The normalized spacial score (nSPS) is 21.5. The number of hydrogen-bond acceptors (Lipinski definition) is 3. The SMILES string of the molecule is C=CCN1CCN(C(=O)[C@@H]2CCCO2)C[C@@H](Cc2cccc(-c3ccc(F)cc3)c2)C1=O. The maximum Gasteiger partial charge on any atom is 0.251 e. The van der Waals surface area contributed by atoms with Crippen LogP contribution >= 0.6 is 0 Å². The molecule has 2 heterocycles. The van der Waals surface area contributed by atoms with E-state index in [1.807, 2.05) is 24.3 Å². The van der Waals surface area contributed by atoms with Crippen molar-refractivity contribution in [1.82, 2.24) is 9.80 Å². The van der Waals surface area contributed by atoms with Crippen molar-refractivity contribution in [3.05, 3.63) is 72.6 Å². The Labute approximate surface area is 188 Å². The van der Waals surface area contributed by atoms with Crippen LogP contribution in [-0.4, -0.2) is 60.5 Å². The third kappa shape index (κ3) is 5.07. The molecule has 168 valence electrons. The summed E-state index contributed by atoms with van der Waals surface area (Å²) in [6.07, 6.45) is 3.49. The first-order chi connectivity index (χ1) is 15.5. The summed E-state index contributed by atoms with van der Waals surface area (Å²) in [6.45, 7) is 6.24. The van der Waals surface area contributed by atoms with E-state index in [9.17, 15) is 14.0 Å².